The number of rotatable bonds is 5. The molecule has 1 unspecified atom stereocenters. The van der Waals surface area contributed by atoms with E-state index >= 15 is 0 Å². The highest BCUT2D eigenvalue weighted by Crippen LogP contribution is 2.40. The van der Waals surface area contributed by atoms with Crippen LogP contribution in [0.4, 0.5) is 4.79 Å². The average molecular weight is 397 g/mol. The van der Waals surface area contributed by atoms with E-state index in [0.29, 0.717) is 17.3 Å². The lowest BCUT2D eigenvalue weighted by atomic mass is 9.98. The molecule has 3 aromatic rings. The SMILES string of the molecule is O=C(O)N1[C@@H]2CC[C@H]1CC(n1ncc(COc3ccc(-n4cnnn4)nc3)n1)C2. The van der Waals surface area contributed by atoms with Gasteiger partial charge in [0.05, 0.1) is 18.4 Å². The number of aromatic nitrogens is 8. The van der Waals surface area contributed by atoms with Gasteiger partial charge in [-0.05, 0) is 48.2 Å². The van der Waals surface area contributed by atoms with Crippen LogP contribution in [0.2, 0.25) is 0 Å². The van der Waals surface area contributed by atoms with Crippen molar-refractivity contribution in [1.29, 1.82) is 0 Å². The van der Waals surface area contributed by atoms with Gasteiger partial charge in [-0.1, -0.05) is 0 Å². The summed E-state index contributed by atoms with van der Waals surface area (Å²) < 4.78 is 7.20. The zero-order chi connectivity index (χ0) is 19.8. The standard InChI is InChI=1S/C17H19N9O3/c27-17(28)25-12-1-2-13(25)6-14(5-12)26-20-7-11(21-26)9-29-15-3-4-16(18-8-15)24-10-19-22-23-24/h3-4,7-8,10,12-14H,1-2,5-6,9H2,(H,27,28)/t12-,13+,14?. The Morgan fingerprint density at radius 3 is 2.66 bits per heavy atom. The second-order valence-electron chi connectivity index (χ2n) is 7.25. The van der Waals surface area contributed by atoms with E-state index in [1.807, 2.05) is 0 Å². The minimum Gasteiger partial charge on any atom is -0.486 e. The number of amides is 1. The molecule has 2 aliphatic heterocycles. The molecule has 1 amide bonds. The molecule has 150 valence electrons. The maximum Gasteiger partial charge on any atom is 0.407 e. The van der Waals surface area contributed by atoms with Crippen molar-refractivity contribution in [3.8, 4) is 11.6 Å². The fourth-order valence-corrected chi connectivity index (χ4v) is 4.22. The second-order valence-corrected chi connectivity index (χ2v) is 7.25. The number of ether oxygens (including phenoxy) is 1. The molecule has 2 aliphatic rings. The number of carbonyl (C=O) groups is 1. The van der Waals surface area contributed by atoms with Gasteiger partial charge >= 0.3 is 6.09 Å². The Hall–Kier alpha value is -3.57. The number of nitrogens with zero attached hydrogens (tertiary/aromatic N) is 9. The van der Waals surface area contributed by atoms with Gasteiger partial charge in [0.25, 0.3) is 0 Å². The lowest BCUT2D eigenvalue weighted by Crippen LogP contribution is -2.46. The summed E-state index contributed by atoms with van der Waals surface area (Å²) in [6, 6.07) is 3.79. The molecule has 0 aliphatic carbocycles. The van der Waals surface area contributed by atoms with Crippen molar-refractivity contribution in [3.05, 3.63) is 36.5 Å². The summed E-state index contributed by atoms with van der Waals surface area (Å²) in [6.07, 6.45) is 7.26. The van der Waals surface area contributed by atoms with Crippen LogP contribution in [-0.2, 0) is 6.61 Å². The van der Waals surface area contributed by atoms with Crippen LogP contribution in [0.3, 0.4) is 0 Å². The van der Waals surface area contributed by atoms with E-state index in [0.717, 1.165) is 25.7 Å². The van der Waals surface area contributed by atoms with Crippen LogP contribution in [0.1, 0.15) is 37.4 Å². The summed E-state index contributed by atoms with van der Waals surface area (Å²) in [6.45, 7) is 0.271. The summed E-state index contributed by atoms with van der Waals surface area (Å²) in [5, 5.41) is 29.2. The van der Waals surface area contributed by atoms with Crippen molar-refractivity contribution in [2.75, 3.05) is 0 Å². The topological polar surface area (TPSA) is 137 Å². The maximum absolute atomic E-state index is 11.4. The normalized spacial score (nSPS) is 23.3. The molecule has 0 spiro atoms. The molecule has 0 radical (unpaired) electrons. The van der Waals surface area contributed by atoms with Crippen molar-refractivity contribution < 1.29 is 14.6 Å². The van der Waals surface area contributed by atoms with Crippen LogP contribution in [-0.4, -0.2) is 68.4 Å². The molecule has 3 atom stereocenters. The van der Waals surface area contributed by atoms with Gasteiger partial charge in [0.1, 0.15) is 24.4 Å². The van der Waals surface area contributed by atoms with Gasteiger partial charge in [-0.15, -0.1) is 5.10 Å². The molecule has 5 heterocycles. The third kappa shape index (κ3) is 3.37. The summed E-state index contributed by atoms with van der Waals surface area (Å²) >= 11 is 0. The summed E-state index contributed by atoms with van der Waals surface area (Å²) in [5.41, 5.74) is 0.711. The molecule has 3 aromatic heterocycles. The van der Waals surface area contributed by atoms with E-state index in [-0.39, 0.29) is 24.7 Å². The van der Waals surface area contributed by atoms with Crippen molar-refractivity contribution in [2.45, 2.75) is 50.4 Å². The van der Waals surface area contributed by atoms with Crippen LogP contribution < -0.4 is 4.74 Å². The zero-order valence-corrected chi connectivity index (χ0v) is 15.4. The Kier molecular flexibility index (Phi) is 4.30. The smallest absolute Gasteiger partial charge is 0.407 e. The highest BCUT2D eigenvalue weighted by Gasteiger charge is 2.44. The minimum absolute atomic E-state index is 0.0618. The Bertz CT molecular complexity index is 974. The lowest BCUT2D eigenvalue weighted by molar-refractivity contribution is 0.0813. The maximum atomic E-state index is 11.4. The zero-order valence-electron chi connectivity index (χ0n) is 15.4. The molecule has 1 N–H and O–H groups in total. The molecule has 12 nitrogen and oxygen atoms in total. The van der Waals surface area contributed by atoms with Gasteiger partial charge in [0.15, 0.2) is 5.82 Å². The van der Waals surface area contributed by atoms with Gasteiger partial charge in [-0.25, -0.2) is 9.78 Å². The average Bonchev–Trinajstić information content (AvgIpc) is 3.47. The van der Waals surface area contributed by atoms with E-state index in [9.17, 15) is 9.90 Å². The van der Waals surface area contributed by atoms with Gasteiger partial charge in [0.2, 0.25) is 0 Å². The highest BCUT2D eigenvalue weighted by molar-refractivity contribution is 5.66. The number of hydrogen-bond acceptors (Lipinski definition) is 8. The second kappa shape index (κ2) is 7.11. The van der Waals surface area contributed by atoms with Crippen LogP contribution in [0, 0.1) is 0 Å². The van der Waals surface area contributed by atoms with Crippen molar-refractivity contribution in [3.63, 3.8) is 0 Å². The van der Waals surface area contributed by atoms with E-state index < -0.39 is 6.09 Å². The number of tetrazole rings is 1. The van der Waals surface area contributed by atoms with Crippen LogP contribution in [0.25, 0.3) is 5.82 Å². The first-order valence-corrected chi connectivity index (χ1v) is 9.41. The largest absolute Gasteiger partial charge is 0.486 e. The molecule has 0 saturated carbocycles. The van der Waals surface area contributed by atoms with Gasteiger partial charge < -0.3 is 14.7 Å². The quantitative estimate of drug-likeness (QED) is 0.670. The first kappa shape index (κ1) is 17.5. The van der Waals surface area contributed by atoms with Crippen molar-refractivity contribution >= 4 is 6.09 Å². The van der Waals surface area contributed by atoms with Gasteiger partial charge in [-0.3, -0.25) is 0 Å². The molecule has 5 rings (SSSR count). The van der Waals surface area contributed by atoms with E-state index in [2.05, 4.69) is 30.7 Å². The van der Waals surface area contributed by atoms with Crippen molar-refractivity contribution in [2.24, 2.45) is 0 Å². The fourth-order valence-electron chi connectivity index (χ4n) is 4.22. The van der Waals surface area contributed by atoms with E-state index in [1.165, 1.54) is 11.0 Å². The number of hydrogen-bond donors (Lipinski definition) is 1. The Morgan fingerprint density at radius 1 is 1.17 bits per heavy atom. The number of pyridine rings is 1. The predicted molar refractivity (Wildman–Crippen MR) is 96.2 cm³/mol. The lowest BCUT2D eigenvalue weighted by Gasteiger charge is -2.36. The Labute approximate surface area is 165 Å². The molecule has 2 bridgehead atoms. The van der Waals surface area contributed by atoms with E-state index in [4.69, 9.17) is 4.74 Å². The van der Waals surface area contributed by atoms with Crippen LogP contribution >= 0.6 is 0 Å². The van der Waals surface area contributed by atoms with E-state index in [1.54, 1.807) is 34.2 Å². The molecular weight excluding hydrogens is 378 g/mol. The monoisotopic (exact) mass is 397 g/mol. The molecule has 29 heavy (non-hydrogen) atoms. The van der Waals surface area contributed by atoms with Gasteiger partial charge in [-0.2, -0.15) is 19.7 Å². The number of fused-ring (bicyclic) bond motifs is 2. The predicted octanol–water partition coefficient (Wildman–Crippen LogP) is 1.07. The number of carboxylic acid groups (broad SMARTS) is 1. The molecular formula is C17H19N9O3. The summed E-state index contributed by atoms with van der Waals surface area (Å²) in [4.78, 5) is 19.0. The first-order valence-electron chi connectivity index (χ1n) is 9.41. The van der Waals surface area contributed by atoms with Gasteiger partial charge in [0, 0.05) is 12.1 Å². The fraction of sp³-hybridized carbons (Fsp3) is 0.471. The van der Waals surface area contributed by atoms with Crippen LogP contribution in [0.15, 0.2) is 30.9 Å². The Balaban J connectivity index is 1.20. The number of piperidine rings is 1. The third-order valence-corrected chi connectivity index (χ3v) is 5.50. The first-order chi connectivity index (χ1) is 14.2. The summed E-state index contributed by atoms with van der Waals surface area (Å²) in [7, 11) is 0. The molecule has 2 fully saturated rings. The Morgan fingerprint density at radius 2 is 2.00 bits per heavy atom. The summed E-state index contributed by atoms with van der Waals surface area (Å²) in [5.74, 6) is 1.19. The molecule has 2 saturated heterocycles. The molecule has 12 heteroatoms. The highest BCUT2D eigenvalue weighted by atomic mass is 16.5. The molecule has 0 aromatic carbocycles. The minimum atomic E-state index is -0.821. The van der Waals surface area contributed by atoms with Crippen molar-refractivity contribution in [1.82, 2.24) is 45.1 Å². The van der Waals surface area contributed by atoms with Crippen LogP contribution in [0.5, 0.6) is 5.75 Å². The third-order valence-electron chi connectivity index (χ3n) is 5.50.